The van der Waals surface area contributed by atoms with Crippen LogP contribution in [0.5, 0.6) is 0 Å². The topological polar surface area (TPSA) is 66.6 Å². The van der Waals surface area contributed by atoms with Gasteiger partial charge in [0, 0.05) is 19.3 Å². The molecule has 0 aliphatic rings. The zero-order valence-corrected chi connectivity index (χ0v) is 12.1. The van der Waals surface area contributed by atoms with Crippen molar-refractivity contribution in [1.29, 1.82) is 0 Å². The predicted molar refractivity (Wildman–Crippen MR) is 85.8 cm³/mol. The van der Waals surface area contributed by atoms with E-state index in [-0.39, 0.29) is 5.56 Å². The maximum Gasteiger partial charge on any atom is 0.337 e. The second-order valence-corrected chi connectivity index (χ2v) is 5.09. The van der Waals surface area contributed by atoms with E-state index in [0.717, 1.165) is 19.4 Å². The van der Waals surface area contributed by atoms with Crippen LogP contribution in [0.2, 0.25) is 0 Å². The van der Waals surface area contributed by atoms with Crippen LogP contribution >= 0.6 is 0 Å². The van der Waals surface area contributed by atoms with Gasteiger partial charge in [0.1, 0.15) is 0 Å². The molecule has 0 fully saturated rings. The molecule has 2 rings (SSSR count). The molecule has 21 heavy (non-hydrogen) atoms. The summed E-state index contributed by atoms with van der Waals surface area (Å²) in [5.41, 5.74) is 8.37. The number of aromatic carboxylic acids is 1. The van der Waals surface area contributed by atoms with Gasteiger partial charge in [-0.3, -0.25) is 0 Å². The van der Waals surface area contributed by atoms with E-state index < -0.39 is 5.97 Å². The summed E-state index contributed by atoms with van der Waals surface area (Å²) in [6, 6.07) is 15.3. The minimum absolute atomic E-state index is 0.247. The molecule has 0 radical (unpaired) electrons. The highest BCUT2D eigenvalue weighted by molar-refractivity contribution is 5.95. The van der Waals surface area contributed by atoms with Crippen molar-refractivity contribution < 1.29 is 9.90 Å². The Morgan fingerprint density at radius 3 is 2.57 bits per heavy atom. The van der Waals surface area contributed by atoms with E-state index in [2.05, 4.69) is 12.1 Å². The van der Waals surface area contributed by atoms with Crippen LogP contribution in [0, 0.1) is 0 Å². The SMILES string of the molecule is CN(CCCc1ccccc1)c1ccc(N)cc1C(=O)O. The van der Waals surface area contributed by atoms with Gasteiger partial charge in [0.25, 0.3) is 0 Å². The molecule has 4 heteroatoms. The summed E-state index contributed by atoms with van der Waals surface area (Å²) in [6.45, 7) is 0.791. The molecule has 0 saturated heterocycles. The van der Waals surface area contributed by atoms with Crippen LogP contribution in [0.1, 0.15) is 22.3 Å². The van der Waals surface area contributed by atoms with Gasteiger partial charge in [-0.15, -0.1) is 0 Å². The van der Waals surface area contributed by atoms with Crippen molar-refractivity contribution in [3.63, 3.8) is 0 Å². The van der Waals surface area contributed by atoms with Gasteiger partial charge in [0.15, 0.2) is 0 Å². The Labute approximate surface area is 124 Å². The van der Waals surface area contributed by atoms with Crippen LogP contribution in [0.4, 0.5) is 11.4 Å². The van der Waals surface area contributed by atoms with Crippen molar-refractivity contribution in [2.45, 2.75) is 12.8 Å². The second kappa shape index (κ2) is 6.79. The molecule has 3 N–H and O–H groups in total. The van der Waals surface area contributed by atoms with E-state index in [0.29, 0.717) is 11.4 Å². The van der Waals surface area contributed by atoms with Crippen molar-refractivity contribution >= 4 is 17.3 Å². The molecule has 110 valence electrons. The minimum atomic E-state index is -0.952. The minimum Gasteiger partial charge on any atom is -0.478 e. The Morgan fingerprint density at radius 2 is 1.90 bits per heavy atom. The number of nitrogen functional groups attached to an aromatic ring is 1. The number of anilines is 2. The van der Waals surface area contributed by atoms with Gasteiger partial charge in [-0.25, -0.2) is 4.79 Å². The van der Waals surface area contributed by atoms with Crippen molar-refractivity contribution in [1.82, 2.24) is 0 Å². The molecule has 0 spiro atoms. The van der Waals surface area contributed by atoms with Crippen LogP contribution in [0.25, 0.3) is 0 Å². The van der Waals surface area contributed by atoms with Crippen LogP contribution in [-0.2, 0) is 6.42 Å². The summed E-state index contributed by atoms with van der Waals surface area (Å²) < 4.78 is 0. The molecule has 0 aliphatic carbocycles. The number of nitrogens with two attached hydrogens (primary N) is 1. The summed E-state index contributed by atoms with van der Waals surface area (Å²) in [4.78, 5) is 13.3. The molecule has 0 amide bonds. The number of aryl methyl sites for hydroxylation is 1. The van der Waals surface area contributed by atoms with E-state index >= 15 is 0 Å². The zero-order chi connectivity index (χ0) is 15.2. The van der Waals surface area contributed by atoms with E-state index in [4.69, 9.17) is 5.73 Å². The number of carboxylic acid groups (broad SMARTS) is 1. The number of nitrogens with zero attached hydrogens (tertiary/aromatic N) is 1. The van der Waals surface area contributed by atoms with E-state index in [1.807, 2.05) is 30.1 Å². The quantitative estimate of drug-likeness (QED) is 0.800. The lowest BCUT2D eigenvalue weighted by molar-refractivity contribution is 0.0697. The van der Waals surface area contributed by atoms with Crippen molar-refractivity contribution in [2.24, 2.45) is 0 Å². The lowest BCUT2D eigenvalue weighted by Crippen LogP contribution is -2.21. The Bertz CT molecular complexity index is 611. The maximum absolute atomic E-state index is 11.3. The Hall–Kier alpha value is -2.49. The molecule has 0 aromatic heterocycles. The fraction of sp³-hybridized carbons (Fsp3) is 0.235. The number of benzene rings is 2. The van der Waals surface area contributed by atoms with E-state index in [9.17, 15) is 9.90 Å². The molecule has 0 unspecified atom stereocenters. The van der Waals surface area contributed by atoms with Crippen LogP contribution < -0.4 is 10.6 Å². The molecule has 2 aromatic rings. The van der Waals surface area contributed by atoms with Gasteiger partial charge in [0.05, 0.1) is 11.3 Å². The third-order valence-corrected chi connectivity index (χ3v) is 3.46. The van der Waals surface area contributed by atoms with Crippen LogP contribution in [0.15, 0.2) is 48.5 Å². The number of hydrogen-bond donors (Lipinski definition) is 2. The summed E-state index contributed by atoms with van der Waals surface area (Å²) >= 11 is 0. The largest absolute Gasteiger partial charge is 0.478 e. The summed E-state index contributed by atoms with van der Waals surface area (Å²) in [5, 5.41) is 9.26. The maximum atomic E-state index is 11.3. The van der Waals surface area contributed by atoms with Gasteiger partial charge in [0.2, 0.25) is 0 Å². The lowest BCUT2D eigenvalue weighted by atomic mass is 10.1. The highest BCUT2D eigenvalue weighted by Gasteiger charge is 2.13. The standard InChI is InChI=1S/C17H20N2O2/c1-19(11-5-8-13-6-3-2-4-7-13)16-10-9-14(18)12-15(16)17(20)21/h2-4,6-7,9-10,12H,5,8,11,18H2,1H3,(H,20,21). The van der Waals surface area contributed by atoms with Crippen molar-refractivity contribution in [2.75, 3.05) is 24.2 Å². The average Bonchev–Trinajstić information content (AvgIpc) is 2.48. The Balaban J connectivity index is 2.00. The second-order valence-electron chi connectivity index (χ2n) is 5.09. The van der Waals surface area contributed by atoms with Crippen LogP contribution in [0.3, 0.4) is 0 Å². The van der Waals surface area contributed by atoms with Gasteiger partial charge in [-0.05, 0) is 36.6 Å². The summed E-state index contributed by atoms with van der Waals surface area (Å²) in [5.74, 6) is -0.952. The predicted octanol–water partition coefficient (Wildman–Crippen LogP) is 3.04. The molecular weight excluding hydrogens is 264 g/mol. The molecule has 0 atom stereocenters. The molecule has 0 saturated carbocycles. The number of carbonyl (C=O) groups is 1. The van der Waals surface area contributed by atoms with Gasteiger partial charge >= 0.3 is 5.97 Å². The average molecular weight is 284 g/mol. The van der Waals surface area contributed by atoms with Crippen LogP contribution in [-0.4, -0.2) is 24.7 Å². The third-order valence-electron chi connectivity index (χ3n) is 3.46. The molecular formula is C17H20N2O2. The highest BCUT2D eigenvalue weighted by atomic mass is 16.4. The normalized spacial score (nSPS) is 10.3. The first kappa shape index (κ1) is 14.9. The molecule has 4 nitrogen and oxygen atoms in total. The van der Waals surface area contributed by atoms with Crippen molar-refractivity contribution in [3.8, 4) is 0 Å². The first-order valence-electron chi connectivity index (χ1n) is 6.96. The summed E-state index contributed by atoms with van der Waals surface area (Å²) in [7, 11) is 1.91. The van der Waals surface area contributed by atoms with E-state index in [1.54, 1.807) is 12.1 Å². The fourth-order valence-corrected chi connectivity index (χ4v) is 2.34. The van der Waals surface area contributed by atoms with Crippen molar-refractivity contribution in [3.05, 3.63) is 59.7 Å². The molecule has 0 aliphatic heterocycles. The third kappa shape index (κ3) is 3.99. The van der Waals surface area contributed by atoms with E-state index in [1.165, 1.54) is 11.6 Å². The molecule has 0 bridgehead atoms. The smallest absolute Gasteiger partial charge is 0.337 e. The molecule has 0 heterocycles. The van der Waals surface area contributed by atoms with Gasteiger partial charge < -0.3 is 15.7 Å². The first-order chi connectivity index (χ1) is 10.1. The lowest BCUT2D eigenvalue weighted by Gasteiger charge is -2.21. The number of carboxylic acids is 1. The number of hydrogen-bond acceptors (Lipinski definition) is 3. The highest BCUT2D eigenvalue weighted by Crippen LogP contribution is 2.22. The van der Waals surface area contributed by atoms with Gasteiger partial charge in [-0.1, -0.05) is 30.3 Å². The fourth-order valence-electron chi connectivity index (χ4n) is 2.34. The Kier molecular flexibility index (Phi) is 4.82. The zero-order valence-electron chi connectivity index (χ0n) is 12.1. The monoisotopic (exact) mass is 284 g/mol. The number of rotatable bonds is 6. The molecule has 2 aromatic carbocycles. The summed E-state index contributed by atoms with van der Waals surface area (Å²) in [6.07, 6.45) is 1.94. The first-order valence-corrected chi connectivity index (χ1v) is 6.96. The van der Waals surface area contributed by atoms with Gasteiger partial charge in [-0.2, -0.15) is 0 Å². The Morgan fingerprint density at radius 1 is 1.19 bits per heavy atom.